The molecule has 0 aromatic heterocycles. The summed E-state index contributed by atoms with van der Waals surface area (Å²) in [7, 11) is 0. The SMILES string of the molecule is CC[C@H](Oc1ccccc1)C(=O)S[C@@H]1CC[C@]2(C)C(=CC[C@H]3[C@H]4CC[C@H]([C@@H](C)CCCC(C)C)[C@]4(C)CC[C@@H]32)C1. The lowest BCUT2D eigenvalue weighted by atomic mass is 9.47. The minimum Gasteiger partial charge on any atom is -0.482 e. The Morgan fingerprint density at radius 1 is 1.00 bits per heavy atom. The Morgan fingerprint density at radius 2 is 1.77 bits per heavy atom. The van der Waals surface area contributed by atoms with Crippen LogP contribution in [0.25, 0.3) is 0 Å². The lowest BCUT2D eigenvalue weighted by molar-refractivity contribution is -0.117. The molecular formula is C37H56O2S. The summed E-state index contributed by atoms with van der Waals surface area (Å²) in [6, 6.07) is 9.83. The maximum atomic E-state index is 13.3. The summed E-state index contributed by atoms with van der Waals surface area (Å²) in [4.78, 5) is 13.3. The average molecular weight is 565 g/mol. The number of allylic oxidation sites excluding steroid dienone is 2. The standard InChI is InChI=1S/C37H56O2S/c1-7-34(39-28-14-9-8-10-15-28)35(38)40-29-20-22-36(5)27(24-29)16-17-30-32-19-18-31(26(4)13-11-12-25(2)3)37(32,6)23-21-33(30)36/h8-10,14-16,25-26,29-34H,7,11-13,17-24H2,1-6H3/t26-,29+,30-,31+,32+,33-,34-,36+,37-/m0/s1. The number of hydrogen-bond donors (Lipinski definition) is 0. The average Bonchev–Trinajstić information content (AvgIpc) is 3.29. The van der Waals surface area contributed by atoms with Crippen LogP contribution < -0.4 is 4.74 Å². The highest BCUT2D eigenvalue weighted by molar-refractivity contribution is 8.14. The van der Waals surface area contributed by atoms with Gasteiger partial charge in [-0.05, 0) is 116 Å². The number of para-hydroxylation sites is 1. The van der Waals surface area contributed by atoms with E-state index in [4.69, 9.17) is 4.74 Å². The molecule has 2 nitrogen and oxygen atoms in total. The molecule has 0 N–H and O–H groups in total. The first kappa shape index (κ1) is 30.2. The third-order valence-electron chi connectivity index (χ3n) is 12.2. The quantitative estimate of drug-likeness (QED) is 0.264. The van der Waals surface area contributed by atoms with Crippen molar-refractivity contribution in [3.63, 3.8) is 0 Å². The van der Waals surface area contributed by atoms with Crippen LogP contribution in [0.1, 0.15) is 119 Å². The van der Waals surface area contributed by atoms with Crippen LogP contribution >= 0.6 is 11.8 Å². The van der Waals surface area contributed by atoms with E-state index >= 15 is 0 Å². The maximum absolute atomic E-state index is 13.3. The van der Waals surface area contributed by atoms with E-state index in [0.29, 0.717) is 16.1 Å². The van der Waals surface area contributed by atoms with Gasteiger partial charge in [-0.25, -0.2) is 0 Å². The Balaban J connectivity index is 1.22. The van der Waals surface area contributed by atoms with Gasteiger partial charge in [-0.2, -0.15) is 0 Å². The molecule has 9 atom stereocenters. The second-order valence-corrected chi connectivity index (χ2v) is 16.2. The Bertz CT molecular complexity index is 1030. The lowest BCUT2D eigenvalue weighted by Crippen LogP contribution is -2.50. The Kier molecular flexibility index (Phi) is 9.50. The van der Waals surface area contributed by atoms with Gasteiger partial charge in [0.1, 0.15) is 5.75 Å². The molecule has 40 heavy (non-hydrogen) atoms. The second-order valence-electron chi connectivity index (χ2n) is 14.9. The molecule has 0 amide bonds. The van der Waals surface area contributed by atoms with E-state index < -0.39 is 0 Å². The number of ether oxygens (including phenoxy) is 1. The molecule has 0 spiro atoms. The van der Waals surface area contributed by atoms with Crippen molar-refractivity contribution in [3.05, 3.63) is 42.0 Å². The van der Waals surface area contributed by atoms with Crippen LogP contribution in [0.15, 0.2) is 42.0 Å². The van der Waals surface area contributed by atoms with Gasteiger partial charge in [0.2, 0.25) is 5.12 Å². The van der Waals surface area contributed by atoms with Gasteiger partial charge in [0.25, 0.3) is 0 Å². The fraction of sp³-hybridized carbons (Fsp3) is 0.757. The largest absolute Gasteiger partial charge is 0.482 e. The number of benzene rings is 1. The second kappa shape index (κ2) is 12.6. The highest BCUT2D eigenvalue weighted by atomic mass is 32.2. The predicted molar refractivity (Wildman–Crippen MR) is 171 cm³/mol. The van der Waals surface area contributed by atoms with Crippen LogP contribution in [-0.4, -0.2) is 16.5 Å². The van der Waals surface area contributed by atoms with Crippen molar-refractivity contribution in [3.8, 4) is 5.75 Å². The van der Waals surface area contributed by atoms with Crippen molar-refractivity contribution in [1.29, 1.82) is 0 Å². The van der Waals surface area contributed by atoms with Crippen LogP contribution in [0.4, 0.5) is 0 Å². The van der Waals surface area contributed by atoms with E-state index in [9.17, 15) is 4.79 Å². The van der Waals surface area contributed by atoms with E-state index in [1.807, 2.05) is 30.3 Å². The van der Waals surface area contributed by atoms with E-state index in [0.717, 1.165) is 60.5 Å². The van der Waals surface area contributed by atoms with Crippen molar-refractivity contribution in [2.75, 3.05) is 0 Å². The molecule has 3 heteroatoms. The summed E-state index contributed by atoms with van der Waals surface area (Å²) >= 11 is 1.58. The van der Waals surface area contributed by atoms with Crippen LogP contribution in [-0.2, 0) is 4.79 Å². The number of rotatable bonds is 10. The number of hydrogen-bond acceptors (Lipinski definition) is 3. The molecule has 0 unspecified atom stereocenters. The van der Waals surface area contributed by atoms with Crippen LogP contribution in [0.3, 0.4) is 0 Å². The van der Waals surface area contributed by atoms with Crippen LogP contribution in [0.2, 0.25) is 0 Å². The highest BCUT2D eigenvalue weighted by Gasteiger charge is 2.59. The smallest absolute Gasteiger partial charge is 0.229 e. The molecule has 0 radical (unpaired) electrons. The Labute approximate surface area is 249 Å². The van der Waals surface area contributed by atoms with Crippen molar-refractivity contribution >= 4 is 16.9 Å². The van der Waals surface area contributed by atoms with E-state index in [1.165, 1.54) is 57.8 Å². The topological polar surface area (TPSA) is 26.3 Å². The lowest BCUT2D eigenvalue weighted by Gasteiger charge is -2.58. The highest BCUT2D eigenvalue weighted by Crippen LogP contribution is 2.67. The molecule has 4 aliphatic carbocycles. The summed E-state index contributed by atoms with van der Waals surface area (Å²) in [5, 5.41) is 0.607. The van der Waals surface area contributed by atoms with Gasteiger partial charge >= 0.3 is 0 Å². The molecule has 222 valence electrons. The molecule has 0 bridgehead atoms. The van der Waals surface area contributed by atoms with Gasteiger partial charge in [-0.15, -0.1) is 0 Å². The molecule has 1 aromatic rings. The third kappa shape index (κ3) is 5.97. The van der Waals surface area contributed by atoms with E-state index in [2.05, 4.69) is 47.6 Å². The minimum atomic E-state index is -0.357. The fourth-order valence-electron chi connectivity index (χ4n) is 9.95. The molecule has 0 aliphatic heterocycles. The minimum absolute atomic E-state index is 0.210. The van der Waals surface area contributed by atoms with Crippen molar-refractivity contribution in [2.24, 2.45) is 46.3 Å². The van der Waals surface area contributed by atoms with Gasteiger partial charge in [-0.1, -0.05) is 102 Å². The van der Waals surface area contributed by atoms with Gasteiger partial charge in [0.05, 0.1) is 0 Å². The summed E-state index contributed by atoms with van der Waals surface area (Å²) in [5.74, 6) is 6.05. The van der Waals surface area contributed by atoms with E-state index in [-0.39, 0.29) is 11.2 Å². The zero-order valence-corrected chi connectivity index (χ0v) is 27.1. The zero-order chi connectivity index (χ0) is 28.5. The maximum Gasteiger partial charge on any atom is 0.229 e. The molecule has 0 saturated heterocycles. The Hall–Kier alpha value is -1.22. The first-order valence-electron chi connectivity index (χ1n) is 16.8. The van der Waals surface area contributed by atoms with Gasteiger partial charge < -0.3 is 4.74 Å². The molecule has 4 aliphatic rings. The van der Waals surface area contributed by atoms with Crippen molar-refractivity contribution < 1.29 is 9.53 Å². The first-order valence-corrected chi connectivity index (χ1v) is 17.6. The van der Waals surface area contributed by atoms with E-state index in [1.54, 1.807) is 17.3 Å². The van der Waals surface area contributed by atoms with Crippen molar-refractivity contribution in [1.82, 2.24) is 0 Å². The summed E-state index contributed by atoms with van der Waals surface area (Å²) in [6.45, 7) is 14.7. The number of carbonyl (C=O) groups is 1. The summed E-state index contributed by atoms with van der Waals surface area (Å²) in [5.41, 5.74) is 2.58. The number of thioether (sulfide) groups is 1. The zero-order valence-electron chi connectivity index (χ0n) is 26.3. The molecule has 1 aromatic carbocycles. The van der Waals surface area contributed by atoms with Crippen LogP contribution in [0.5, 0.6) is 5.75 Å². The van der Waals surface area contributed by atoms with Gasteiger partial charge in [-0.3, -0.25) is 4.79 Å². The first-order chi connectivity index (χ1) is 19.2. The molecule has 3 saturated carbocycles. The normalized spacial score (nSPS) is 36.7. The predicted octanol–water partition coefficient (Wildman–Crippen LogP) is 10.5. The monoisotopic (exact) mass is 564 g/mol. The van der Waals surface area contributed by atoms with Gasteiger partial charge in [0, 0.05) is 5.25 Å². The van der Waals surface area contributed by atoms with Crippen LogP contribution in [0, 0.1) is 46.3 Å². The third-order valence-corrected chi connectivity index (χ3v) is 13.4. The summed E-state index contributed by atoms with van der Waals surface area (Å²) in [6.07, 6.45) is 17.8. The van der Waals surface area contributed by atoms with Gasteiger partial charge in [0.15, 0.2) is 6.10 Å². The molecule has 3 fully saturated rings. The molecule has 5 rings (SSSR count). The Morgan fingerprint density at radius 3 is 2.50 bits per heavy atom. The fourth-order valence-corrected chi connectivity index (χ4v) is 11.1. The summed E-state index contributed by atoms with van der Waals surface area (Å²) < 4.78 is 6.09. The molecule has 0 heterocycles. The van der Waals surface area contributed by atoms with Crippen molar-refractivity contribution in [2.45, 2.75) is 130 Å². The number of carbonyl (C=O) groups excluding carboxylic acids is 1. The molecular weight excluding hydrogens is 508 g/mol. The number of fused-ring (bicyclic) bond motifs is 5.